The molecule has 2 aromatic carbocycles. The van der Waals surface area contributed by atoms with Crippen molar-refractivity contribution >= 4 is 31.3 Å². The number of sulfone groups is 2. The molecule has 1 aliphatic rings. The lowest BCUT2D eigenvalue weighted by Gasteiger charge is -2.06. The van der Waals surface area contributed by atoms with Crippen LogP contribution < -0.4 is 0 Å². The molecule has 28 heavy (non-hydrogen) atoms. The average molecular weight is 437 g/mol. The van der Waals surface area contributed by atoms with Gasteiger partial charge in [-0.05, 0) is 43.0 Å². The standard InChI is InChI=1S/C19H17ClN2O4S2/c20-15-8-10-16(11-9-15)28(25,26)19-18(27(23,24)12-13-6-7-13)21-17(22-19)14-4-2-1-3-5-14/h1-5,8-11,13H,6-7,12H2,(H,21,22). The minimum Gasteiger partial charge on any atom is -0.328 e. The molecule has 0 unspecified atom stereocenters. The largest absolute Gasteiger partial charge is 0.328 e. The second-order valence-electron chi connectivity index (χ2n) is 6.77. The highest BCUT2D eigenvalue weighted by atomic mass is 35.5. The van der Waals surface area contributed by atoms with E-state index in [1.807, 2.05) is 6.07 Å². The van der Waals surface area contributed by atoms with E-state index in [2.05, 4.69) is 9.97 Å². The monoisotopic (exact) mass is 436 g/mol. The van der Waals surface area contributed by atoms with E-state index in [1.165, 1.54) is 24.3 Å². The van der Waals surface area contributed by atoms with E-state index in [9.17, 15) is 16.8 Å². The van der Waals surface area contributed by atoms with E-state index in [0.29, 0.717) is 10.6 Å². The summed E-state index contributed by atoms with van der Waals surface area (Å²) in [6.07, 6.45) is 1.66. The number of imidazole rings is 1. The van der Waals surface area contributed by atoms with E-state index in [-0.39, 0.29) is 22.4 Å². The first-order valence-corrected chi connectivity index (χ1v) is 12.2. The summed E-state index contributed by atoms with van der Waals surface area (Å²) in [5, 5.41) is -0.447. The van der Waals surface area contributed by atoms with Crippen molar-refractivity contribution in [3.63, 3.8) is 0 Å². The number of nitrogens with zero attached hydrogens (tertiary/aromatic N) is 1. The summed E-state index contributed by atoms with van der Waals surface area (Å²) in [6.45, 7) is 0. The smallest absolute Gasteiger partial charge is 0.224 e. The van der Waals surface area contributed by atoms with Crippen LogP contribution in [0.1, 0.15) is 12.8 Å². The summed E-state index contributed by atoms with van der Waals surface area (Å²) in [6, 6.07) is 14.4. The second kappa shape index (κ2) is 7.02. The summed E-state index contributed by atoms with van der Waals surface area (Å²) in [5.41, 5.74) is 0.600. The Kier molecular flexibility index (Phi) is 4.81. The molecular weight excluding hydrogens is 420 g/mol. The summed E-state index contributed by atoms with van der Waals surface area (Å²) in [5.74, 6) is 0.158. The maximum absolute atomic E-state index is 13.2. The fourth-order valence-corrected chi connectivity index (χ4v) is 6.62. The van der Waals surface area contributed by atoms with Gasteiger partial charge in [0.25, 0.3) is 0 Å². The SMILES string of the molecule is O=S(=O)(CC1CC1)c1nc(-c2ccccc2)[nH]c1S(=O)(=O)c1ccc(Cl)cc1. The molecule has 9 heteroatoms. The van der Waals surface area contributed by atoms with Crippen molar-refractivity contribution < 1.29 is 16.8 Å². The first-order valence-electron chi connectivity index (χ1n) is 8.66. The normalized spacial score (nSPS) is 14.9. The Morgan fingerprint density at radius 2 is 1.61 bits per heavy atom. The van der Waals surface area contributed by atoms with Gasteiger partial charge >= 0.3 is 0 Å². The van der Waals surface area contributed by atoms with Crippen molar-refractivity contribution in [1.29, 1.82) is 0 Å². The van der Waals surface area contributed by atoms with Crippen molar-refractivity contribution in [2.75, 3.05) is 5.75 Å². The molecule has 1 N–H and O–H groups in total. The zero-order valence-corrected chi connectivity index (χ0v) is 17.1. The molecule has 1 fully saturated rings. The summed E-state index contributed by atoms with van der Waals surface area (Å²) >= 11 is 5.85. The van der Waals surface area contributed by atoms with Crippen LogP contribution in [0.15, 0.2) is 69.5 Å². The number of halogens is 1. The zero-order chi connectivity index (χ0) is 19.9. The van der Waals surface area contributed by atoms with Crippen LogP contribution in [-0.4, -0.2) is 32.6 Å². The molecule has 0 spiro atoms. The van der Waals surface area contributed by atoms with Crippen LogP contribution in [-0.2, 0) is 19.7 Å². The van der Waals surface area contributed by atoms with Gasteiger partial charge in [0.15, 0.2) is 19.9 Å². The lowest BCUT2D eigenvalue weighted by Crippen LogP contribution is -2.14. The molecule has 0 bridgehead atoms. The molecular formula is C19H17ClN2O4S2. The van der Waals surface area contributed by atoms with Crippen molar-refractivity contribution in [3.05, 3.63) is 59.6 Å². The predicted octanol–water partition coefficient (Wildman–Crippen LogP) is 3.75. The number of benzene rings is 2. The van der Waals surface area contributed by atoms with E-state index < -0.39 is 29.7 Å². The zero-order valence-electron chi connectivity index (χ0n) is 14.7. The number of nitrogens with one attached hydrogen (secondary N) is 1. The van der Waals surface area contributed by atoms with Gasteiger partial charge in [-0.2, -0.15) is 0 Å². The molecule has 1 aliphatic carbocycles. The highest BCUT2D eigenvalue weighted by molar-refractivity contribution is 7.94. The molecule has 3 aromatic rings. The molecule has 146 valence electrons. The summed E-state index contributed by atoms with van der Waals surface area (Å²) in [7, 11) is -7.99. The van der Waals surface area contributed by atoms with E-state index >= 15 is 0 Å². The molecule has 1 aromatic heterocycles. The lowest BCUT2D eigenvalue weighted by atomic mass is 10.2. The highest BCUT2D eigenvalue weighted by Gasteiger charge is 2.36. The molecule has 0 amide bonds. The van der Waals surface area contributed by atoms with Gasteiger partial charge in [0, 0.05) is 10.6 Å². The Balaban J connectivity index is 1.89. The number of rotatable bonds is 6. The number of aromatic amines is 1. The van der Waals surface area contributed by atoms with Crippen molar-refractivity contribution in [2.24, 2.45) is 5.92 Å². The van der Waals surface area contributed by atoms with Crippen molar-refractivity contribution in [3.8, 4) is 11.4 Å². The van der Waals surface area contributed by atoms with E-state index in [1.54, 1.807) is 24.3 Å². The third-order valence-corrected chi connectivity index (χ3v) is 8.43. The molecule has 0 saturated heterocycles. The van der Waals surface area contributed by atoms with E-state index in [4.69, 9.17) is 11.6 Å². The number of aromatic nitrogens is 2. The first kappa shape index (κ1) is 19.2. The molecule has 1 heterocycles. The highest BCUT2D eigenvalue weighted by Crippen LogP contribution is 2.35. The van der Waals surface area contributed by atoms with Gasteiger partial charge in [0.1, 0.15) is 5.82 Å². The minimum atomic E-state index is -4.13. The fraction of sp³-hybridized carbons (Fsp3) is 0.211. The molecule has 6 nitrogen and oxygen atoms in total. The topological polar surface area (TPSA) is 97.0 Å². The Morgan fingerprint density at radius 3 is 2.21 bits per heavy atom. The third kappa shape index (κ3) is 3.72. The molecule has 0 aliphatic heterocycles. The first-order chi connectivity index (χ1) is 13.3. The van der Waals surface area contributed by atoms with Crippen LogP contribution in [0.2, 0.25) is 5.02 Å². The fourth-order valence-electron chi connectivity index (χ4n) is 2.87. The Hall–Kier alpha value is -2.16. The van der Waals surface area contributed by atoms with Crippen molar-refractivity contribution in [2.45, 2.75) is 27.8 Å². The average Bonchev–Trinajstić information content (AvgIpc) is 3.34. The Bertz CT molecular complexity index is 1210. The van der Waals surface area contributed by atoms with Gasteiger partial charge in [-0.15, -0.1) is 0 Å². The van der Waals surface area contributed by atoms with Crippen molar-refractivity contribution in [1.82, 2.24) is 9.97 Å². The lowest BCUT2D eigenvalue weighted by molar-refractivity contribution is 0.575. The van der Waals surface area contributed by atoms with Gasteiger partial charge < -0.3 is 4.98 Å². The molecule has 0 atom stereocenters. The number of hydrogen-bond donors (Lipinski definition) is 1. The van der Waals surface area contributed by atoms with Crippen LogP contribution >= 0.6 is 11.6 Å². The van der Waals surface area contributed by atoms with Crippen LogP contribution in [0, 0.1) is 5.92 Å². The van der Waals surface area contributed by atoms with Gasteiger partial charge in [0.05, 0.1) is 10.6 Å². The second-order valence-corrected chi connectivity index (χ2v) is 11.0. The van der Waals surface area contributed by atoms with Gasteiger partial charge in [0.2, 0.25) is 9.84 Å². The van der Waals surface area contributed by atoms with Gasteiger partial charge in [-0.1, -0.05) is 41.9 Å². The number of hydrogen-bond acceptors (Lipinski definition) is 5. The molecule has 0 radical (unpaired) electrons. The molecule has 4 rings (SSSR count). The third-order valence-electron chi connectivity index (χ3n) is 4.53. The quantitative estimate of drug-likeness (QED) is 0.634. The maximum Gasteiger partial charge on any atom is 0.224 e. The summed E-state index contributed by atoms with van der Waals surface area (Å²) < 4.78 is 52.2. The minimum absolute atomic E-state index is 0.0527. The summed E-state index contributed by atoms with van der Waals surface area (Å²) in [4.78, 5) is 6.88. The van der Waals surface area contributed by atoms with Gasteiger partial charge in [-0.3, -0.25) is 0 Å². The van der Waals surface area contributed by atoms with E-state index in [0.717, 1.165) is 12.8 Å². The van der Waals surface area contributed by atoms with Crippen LogP contribution in [0.25, 0.3) is 11.4 Å². The predicted molar refractivity (Wildman–Crippen MR) is 106 cm³/mol. The number of H-pyrrole nitrogens is 1. The van der Waals surface area contributed by atoms with Gasteiger partial charge in [-0.25, -0.2) is 21.8 Å². The Labute approximate surface area is 168 Å². The van der Waals surface area contributed by atoms with Crippen LogP contribution in [0.5, 0.6) is 0 Å². The van der Waals surface area contributed by atoms with Crippen LogP contribution in [0.3, 0.4) is 0 Å². The van der Waals surface area contributed by atoms with Crippen LogP contribution in [0.4, 0.5) is 0 Å². The Morgan fingerprint density at radius 1 is 0.964 bits per heavy atom. The maximum atomic E-state index is 13.2. The molecule has 1 saturated carbocycles.